The maximum atomic E-state index is 15.9. The summed E-state index contributed by atoms with van der Waals surface area (Å²) in [7, 11) is -0.941. The zero-order chi connectivity index (χ0) is 28.2. The summed E-state index contributed by atoms with van der Waals surface area (Å²) in [5.74, 6) is -1.56. The number of aryl methyl sites for hydroxylation is 2. The molecule has 1 unspecified atom stereocenters. The topological polar surface area (TPSA) is 69.7 Å². The van der Waals surface area contributed by atoms with Crippen molar-refractivity contribution in [2.45, 2.75) is 46.0 Å². The molecule has 0 fully saturated rings. The fourth-order valence-corrected chi connectivity index (χ4v) is 10.3. The number of fused-ring (bicyclic) bond motifs is 3. The number of methoxy groups -OCH3 is 2. The molecule has 1 atom stereocenters. The van der Waals surface area contributed by atoms with Crippen molar-refractivity contribution in [2.24, 2.45) is 11.3 Å². The monoisotopic (exact) mass is 542 g/mol. The smallest absolute Gasteiger partial charge is 0.323 e. The number of benzene rings is 3. The van der Waals surface area contributed by atoms with Gasteiger partial charge in [-0.1, -0.05) is 92.2 Å². The van der Waals surface area contributed by atoms with Gasteiger partial charge < -0.3 is 14.0 Å². The zero-order valence-electron chi connectivity index (χ0n) is 23.4. The van der Waals surface area contributed by atoms with Crippen LogP contribution in [0.2, 0.25) is 0 Å². The molecular weight excluding hydrogens is 507 g/mol. The summed E-state index contributed by atoms with van der Waals surface area (Å²) in [5, 5.41) is 1.96. The second kappa shape index (κ2) is 9.64. The van der Waals surface area contributed by atoms with Crippen molar-refractivity contribution in [3.05, 3.63) is 100 Å². The van der Waals surface area contributed by atoms with Gasteiger partial charge in [-0.05, 0) is 53.9 Å². The summed E-state index contributed by atoms with van der Waals surface area (Å²) in [5.41, 5.74) is 3.43. The highest BCUT2D eigenvalue weighted by molar-refractivity contribution is 7.82. The average Bonchev–Trinajstić information content (AvgIpc) is 3.17. The molecule has 202 valence electrons. The SMILES string of the molecule is COC(=O)C1(C(=O)OC)CC(P(=O)(c2ccccc2)c2ccccc2)=C2c3cc(C)cc(C)c3C(C)(C)C2C1. The third kappa shape index (κ3) is 3.93. The standard InChI is InChI=1S/C33H35O5P/c1-21-17-22(2)29-25(18-21)28-26(32(29,3)4)19-33(30(34)37-5,31(35)38-6)20-27(28)39(36,23-13-9-7-10-14-23)24-15-11-8-12-16-24/h7-18,26H,19-20H2,1-6H3. The predicted molar refractivity (Wildman–Crippen MR) is 155 cm³/mol. The van der Waals surface area contributed by atoms with E-state index in [4.69, 9.17) is 9.47 Å². The van der Waals surface area contributed by atoms with Crippen LogP contribution in [0.25, 0.3) is 5.57 Å². The summed E-state index contributed by atoms with van der Waals surface area (Å²) < 4.78 is 26.4. The highest BCUT2D eigenvalue weighted by atomic mass is 31.2. The molecule has 0 spiro atoms. The van der Waals surface area contributed by atoms with Gasteiger partial charge in [-0.3, -0.25) is 9.59 Å². The van der Waals surface area contributed by atoms with Gasteiger partial charge in [-0.25, -0.2) is 0 Å². The predicted octanol–water partition coefficient (Wildman–Crippen LogP) is 6.06. The van der Waals surface area contributed by atoms with Crippen LogP contribution in [0.15, 0.2) is 78.1 Å². The lowest BCUT2D eigenvalue weighted by atomic mass is 9.63. The maximum Gasteiger partial charge on any atom is 0.323 e. The quantitative estimate of drug-likeness (QED) is 0.223. The molecule has 5 nitrogen and oxygen atoms in total. The molecule has 3 aromatic rings. The molecule has 0 N–H and O–H groups in total. The fourth-order valence-electron chi connectivity index (χ4n) is 7.08. The van der Waals surface area contributed by atoms with Crippen LogP contribution in [0, 0.1) is 25.2 Å². The normalized spacial score (nSPS) is 19.2. The number of carbonyl (C=O) groups excluding carboxylic acids is 2. The minimum Gasteiger partial charge on any atom is -0.468 e. The number of carbonyl (C=O) groups is 2. The van der Waals surface area contributed by atoms with E-state index in [1.807, 2.05) is 60.7 Å². The second-order valence-corrected chi connectivity index (χ2v) is 14.2. The molecule has 0 bridgehead atoms. The van der Waals surface area contributed by atoms with E-state index in [9.17, 15) is 9.59 Å². The molecular formula is C33H35O5P. The lowest BCUT2D eigenvalue weighted by Crippen LogP contribution is -2.47. The first-order chi connectivity index (χ1) is 18.5. The van der Waals surface area contributed by atoms with E-state index < -0.39 is 29.9 Å². The van der Waals surface area contributed by atoms with E-state index in [1.54, 1.807) is 0 Å². The Morgan fingerprint density at radius 3 is 1.85 bits per heavy atom. The minimum atomic E-state index is -3.53. The number of hydrogen-bond acceptors (Lipinski definition) is 5. The number of rotatable bonds is 5. The summed E-state index contributed by atoms with van der Waals surface area (Å²) in [6.07, 6.45) is 0.177. The Balaban J connectivity index is 1.96. The Hall–Kier alpha value is -3.43. The average molecular weight is 543 g/mol. The van der Waals surface area contributed by atoms with Crippen molar-refractivity contribution in [1.82, 2.24) is 0 Å². The Morgan fingerprint density at radius 1 is 0.846 bits per heavy atom. The van der Waals surface area contributed by atoms with Crippen molar-refractivity contribution in [3.8, 4) is 0 Å². The van der Waals surface area contributed by atoms with Gasteiger partial charge in [0.2, 0.25) is 0 Å². The molecule has 0 amide bonds. The van der Waals surface area contributed by atoms with Crippen LogP contribution in [0.1, 0.15) is 48.9 Å². The van der Waals surface area contributed by atoms with Crippen LogP contribution >= 0.6 is 7.14 Å². The largest absolute Gasteiger partial charge is 0.468 e. The van der Waals surface area contributed by atoms with Crippen LogP contribution in [0.5, 0.6) is 0 Å². The molecule has 0 aromatic heterocycles. The molecule has 6 heteroatoms. The third-order valence-electron chi connectivity index (χ3n) is 8.74. The lowest BCUT2D eigenvalue weighted by molar-refractivity contribution is -0.170. The highest BCUT2D eigenvalue weighted by Gasteiger charge is 2.61. The van der Waals surface area contributed by atoms with E-state index in [2.05, 4.69) is 39.8 Å². The fraction of sp³-hybridized carbons (Fsp3) is 0.333. The maximum absolute atomic E-state index is 15.9. The van der Waals surface area contributed by atoms with E-state index in [0.29, 0.717) is 15.9 Å². The minimum absolute atomic E-state index is 0.0399. The van der Waals surface area contributed by atoms with Crippen LogP contribution in [-0.2, 0) is 29.0 Å². The highest BCUT2D eigenvalue weighted by Crippen LogP contribution is 2.68. The Morgan fingerprint density at radius 2 is 1.36 bits per heavy atom. The van der Waals surface area contributed by atoms with Crippen LogP contribution < -0.4 is 10.6 Å². The number of hydrogen-bond donors (Lipinski definition) is 0. The molecule has 0 heterocycles. The van der Waals surface area contributed by atoms with Gasteiger partial charge >= 0.3 is 11.9 Å². The lowest BCUT2D eigenvalue weighted by Gasteiger charge is -2.43. The van der Waals surface area contributed by atoms with Gasteiger partial charge in [-0.15, -0.1) is 0 Å². The molecule has 0 aliphatic heterocycles. The Labute approximate surface area is 230 Å². The van der Waals surface area contributed by atoms with E-state index in [1.165, 1.54) is 19.8 Å². The van der Waals surface area contributed by atoms with E-state index >= 15 is 4.57 Å². The molecule has 0 saturated carbocycles. The Kier molecular flexibility index (Phi) is 6.71. The molecule has 0 radical (unpaired) electrons. The van der Waals surface area contributed by atoms with Gasteiger partial charge in [0.1, 0.15) is 0 Å². The zero-order valence-corrected chi connectivity index (χ0v) is 24.3. The third-order valence-corrected chi connectivity index (χ3v) is 11.9. The molecule has 0 saturated heterocycles. The van der Waals surface area contributed by atoms with Crippen LogP contribution in [0.3, 0.4) is 0 Å². The van der Waals surface area contributed by atoms with Crippen molar-refractivity contribution in [2.75, 3.05) is 14.2 Å². The first kappa shape index (κ1) is 27.1. The first-order valence-electron chi connectivity index (χ1n) is 13.3. The second-order valence-electron chi connectivity index (χ2n) is 11.4. The summed E-state index contributed by atoms with van der Waals surface area (Å²) in [6, 6.07) is 23.2. The molecule has 2 aliphatic carbocycles. The van der Waals surface area contributed by atoms with Crippen LogP contribution in [-0.4, -0.2) is 26.2 Å². The summed E-state index contributed by atoms with van der Waals surface area (Å²) >= 11 is 0. The van der Waals surface area contributed by atoms with Gasteiger partial charge in [0.15, 0.2) is 12.6 Å². The Bertz CT molecular complexity index is 1480. The van der Waals surface area contributed by atoms with Gasteiger partial charge in [0.05, 0.1) is 14.2 Å². The number of esters is 2. The number of allylic oxidation sites excluding steroid dienone is 2. The van der Waals surface area contributed by atoms with Gasteiger partial charge in [0, 0.05) is 22.3 Å². The van der Waals surface area contributed by atoms with Crippen molar-refractivity contribution < 1.29 is 23.6 Å². The van der Waals surface area contributed by atoms with Crippen molar-refractivity contribution in [1.29, 1.82) is 0 Å². The van der Waals surface area contributed by atoms with Crippen molar-refractivity contribution >= 4 is 35.3 Å². The van der Waals surface area contributed by atoms with Gasteiger partial charge in [-0.2, -0.15) is 0 Å². The number of ether oxygens (including phenoxy) is 2. The van der Waals surface area contributed by atoms with Gasteiger partial charge in [0.25, 0.3) is 0 Å². The van der Waals surface area contributed by atoms with Crippen molar-refractivity contribution in [3.63, 3.8) is 0 Å². The molecule has 5 rings (SSSR count). The summed E-state index contributed by atoms with van der Waals surface area (Å²) in [6.45, 7) is 8.49. The van der Waals surface area contributed by atoms with Crippen LogP contribution in [0.4, 0.5) is 0 Å². The van der Waals surface area contributed by atoms with E-state index in [-0.39, 0.29) is 18.8 Å². The molecule has 2 aliphatic rings. The molecule has 3 aromatic carbocycles. The van der Waals surface area contributed by atoms with E-state index in [0.717, 1.165) is 22.3 Å². The first-order valence-corrected chi connectivity index (χ1v) is 15.0. The summed E-state index contributed by atoms with van der Waals surface area (Å²) in [4.78, 5) is 27.2. The molecule has 39 heavy (non-hydrogen) atoms.